The van der Waals surface area contributed by atoms with Gasteiger partial charge in [0.2, 0.25) is 5.91 Å². The SMILES string of the molecule is CCCc1ccc(C)cc1.CO[Si](C)(CC(C)CCC(C)C(=O)NC(C)C)OC(C)C(F)(F)F. The molecular weight excluding hydrogens is 459 g/mol. The first-order valence-electron chi connectivity index (χ1n) is 12.3. The van der Waals surface area contributed by atoms with Crippen LogP contribution in [0.4, 0.5) is 13.2 Å². The van der Waals surface area contributed by atoms with Gasteiger partial charge in [-0.15, -0.1) is 0 Å². The number of nitrogens with one attached hydrogen (secondary N) is 1. The summed E-state index contributed by atoms with van der Waals surface area (Å²) in [7, 11) is -1.50. The highest BCUT2D eigenvalue weighted by Crippen LogP contribution is 2.30. The molecule has 34 heavy (non-hydrogen) atoms. The van der Waals surface area contributed by atoms with E-state index in [1.165, 1.54) is 31.1 Å². The van der Waals surface area contributed by atoms with Gasteiger partial charge in [-0.3, -0.25) is 4.79 Å². The highest BCUT2D eigenvalue weighted by molar-refractivity contribution is 6.66. The van der Waals surface area contributed by atoms with Gasteiger partial charge >= 0.3 is 14.7 Å². The minimum atomic E-state index is -4.39. The predicted molar refractivity (Wildman–Crippen MR) is 136 cm³/mol. The van der Waals surface area contributed by atoms with Gasteiger partial charge in [0.1, 0.15) is 6.10 Å². The topological polar surface area (TPSA) is 47.6 Å². The fraction of sp³-hybridized carbons (Fsp3) is 0.731. The Hall–Kier alpha value is -1.38. The van der Waals surface area contributed by atoms with Gasteiger partial charge in [-0.05, 0) is 64.6 Å². The van der Waals surface area contributed by atoms with Crippen LogP contribution in [-0.2, 0) is 20.1 Å². The second-order valence-electron chi connectivity index (χ2n) is 9.83. The van der Waals surface area contributed by atoms with Crippen LogP contribution >= 0.6 is 0 Å². The molecule has 0 spiro atoms. The molecule has 0 saturated carbocycles. The summed E-state index contributed by atoms with van der Waals surface area (Å²) < 4.78 is 48.7. The molecule has 0 fully saturated rings. The van der Waals surface area contributed by atoms with E-state index in [9.17, 15) is 18.0 Å². The Morgan fingerprint density at radius 1 is 1.06 bits per heavy atom. The first kappa shape index (κ1) is 32.6. The van der Waals surface area contributed by atoms with Crippen LogP contribution in [0, 0.1) is 18.8 Å². The van der Waals surface area contributed by atoms with Crippen LogP contribution in [0.3, 0.4) is 0 Å². The van der Waals surface area contributed by atoms with E-state index in [0.29, 0.717) is 12.5 Å². The second kappa shape index (κ2) is 15.6. The molecule has 8 heteroatoms. The fourth-order valence-electron chi connectivity index (χ4n) is 3.49. The first-order chi connectivity index (χ1) is 15.6. The van der Waals surface area contributed by atoms with Crippen molar-refractivity contribution in [1.29, 1.82) is 0 Å². The first-order valence-corrected chi connectivity index (χ1v) is 14.8. The van der Waals surface area contributed by atoms with Crippen molar-refractivity contribution in [1.82, 2.24) is 5.32 Å². The highest BCUT2D eigenvalue weighted by Gasteiger charge is 2.44. The third-order valence-electron chi connectivity index (χ3n) is 5.67. The van der Waals surface area contributed by atoms with Crippen LogP contribution < -0.4 is 5.32 Å². The summed E-state index contributed by atoms with van der Waals surface area (Å²) in [6.07, 6.45) is -2.36. The number of hydrogen-bond acceptors (Lipinski definition) is 3. The van der Waals surface area contributed by atoms with Gasteiger partial charge in [-0.1, -0.05) is 63.4 Å². The average molecular weight is 506 g/mol. The van der Waals surface area contributed by atoms with Crippen molar-refractivity contribution in [2.45, 2.75) is 105 Å². The molecule has 0 bridgehead atoms. The van der Waals surface area contributed by atoms with Crippen LogP contribution in [0.2, 0.25) is 12.6 Å². The Labute approximate surface area is 206 Å². The van der Waals surface area contributed by atoms with Crippen molar-refractivity contribution in [3.05, 3.63) is 35.4 Å². The molecule has 0 aliphatic rings. The lowest BCUT2D eigenvalue weighted by molar-refractivity contribution is -0.195. The molecular formula is C26H46F3NO3Si. The predicted octanol–water partition coefficient (Wildman–Crippen LogP) is 7.20. The standard InChI is InChI=1S/C16H32F3NO3Si.C10H14/c1-11(2)20-15(21)13(4)9-8-12(3)10-24(7,22-6)23-14(5)16(17,18)19;1-3-4-10-7-5-9(2)6-8-10/h11-14H,8-10H2,1-7H3,(H,20,21);5-8H,3-4H2,1-2H3. The van der Waals surface area contributed by atoms with Gasteiger partial charge < -0.3 is 14.2 Å². The number of alkyl halides is 3. The summed E-state index contributed by atoms with van der Waals surface area (Å²) in [6.45, 7) is 14.6. The second-order valence-corrected chi connectivity index (χ2v) is 13.1. The summed E-state index contributed by atoms with van der Waals surface area (Å²) in [6, 6.07) is 9.31. The van der Waals surface area contributed by atoms with Crippen molar-refractivity contribution in [2.75, 3.05) is 7.11 Å². The van der Waals surface area contributed by atoms with E-state index in [1.54, 1.807) is 6.55 Å². The van der Waals surface area contributed by atoms with Crippen molar-refractivity contribution < 1.29 is 26.8 Å². The fourth-order valence-corrected chi connectivity index (χ4v) is 6.20. The molecule has 0 radical (unpaired) electrons. The summed E-state index contributed by atoms with van der Waals surface area (Å²) in [5.74, 6) is 0.00239. The Morgan fingerprint density at radius 3 is 2.06 bits per heavy atom. The molecule has 0 aliphatic heterocycles. The molecule has 1 aromatic rings. The van der Waals surface area contributed by atoms with Gasteiger partial charge in [0.25, 0.3) is 0 Å². The van der Waals surface area contributed by atoms with E-state index < -0.39 is 20.8 Å². The lowest BCUT2D eigenvalue weighted by atomic mass is 9.98. The minimum absolute atomic E-state index is 0.00546. The molecule has 4 unspecified atom stereocenters. The van der Waals surface area contributed by atoms with Gasteiger partial charge in [0, 0.05) is 19.1 Å². The Balaban J connectivity index is 0.000000896. The molecule has 198 valence electrons. The number of rotatable bonds is 12. The summed E-state index contributed by atoms with van der Waals surface area (Å²) in [5, 5.41) is 2.86. The normalized spacial score (nSPS) is 16.1. The smallest absolute Gasteiger partial charge is 0.398 e. The van der Waals surface area contributed by atoms with Crippen molar-refractivity contribution in [3.63, 3.8) is 0 Å². The molecule has 0 aromatic heterocycles. The molecule has 1 amide bonds. The molecule has 0 saturated heterocycles. The average Bonchev–Trinajstić information content (AvgIpc) is 2.73. The molecule has 0 aliphatic carbocycles. The van der Waals surface area contributed by atoms with Crippen molar-refractivity contribution in [2.24, 2.45) is 11.8 Å². The Morgan fingerprint density at radius 2 is 1.62 bits per heavy atom. The van der Waals surface area contributed by atoms with E-state index in [2.05, 4.69) is 43.4 Å². The monoisotopic (exact) mass is 505 g/mol. The largest absolute Gasteiger partial charge is 0.413 e. The van der Waals surface area contributed by atoms with Gasteiger partial charge in [-0.25, -0.2) is 0 Å². The lowest BCUT2D eigenvalue weighted by Crippen LogP contribution is -2.46. The molecule has 1 rings (SSSR count). The number of benzene rings is 1. The number of carbonyl (C=O) groups excluding carboxylic acids is 1. The maximum atomic E-state index is 12.7. The Kier molecular flexibility index (Phi) is 14.9. The van der Waals surface area contributed by atoms with E-state index in [0.717, 1.165) is 13.3 Å². The zero-order chi connectivity index (χ0) is 26.5. The van der Waals surface area contributed by atoms with Crippen LogP contribution in [0.25, 0.3) is 0 Å². The maximum Gasteiger partial charge on any atom is 0.413 e. The molecule has 4 nitrogen and oxygen atoms in total. The summed E-state index contributed by atoms with van der Waals surface area (Å²) >= 11 is 0. The third kappa shape index (κ3) is 14.1. The van der Waals surface area contributed by atoms with E-state index in [1.807, 2.05) is 27.7 Å². The van der Waals surface area contributed by atoms with Gasteiger partial charge in [0.15, 0.2) is 0 Å². The summed E-state index contributed by atoms with van der Waals surface area (Å²) in [5.41, 5.74) is 2.80. The molecule has 0 heterocycles. The maximum absolute atomic E-state index is 12.7. The van der Waals surface area contributed by atoms with E-state index in [-0.39, 0.29) is 23.8 Å². The van der Waals surface area contributed by atoms with E-state index in [4.69, 9.17) is 8.85 Å². The van der Waals surface area contributed by atoms with Crippen LogP contribution in [0.15, 0.2) is 24.3 Å². The molecule has 4 atom stereocenters. The van der Waals surface area contributed by atoms with Crippen LogP contribution in [-0.4, -0.2) is 39.9 Å². The quantitative estimate of drug-likeness (QED) is 0.306. The number of hydrogen-bond donors (Lipinski definition) is 1. The number of halogens is 3. The molecule has 1 aromatic carbocycles. The molecule has 1 N–H and O–H groups in total. The summed E-state index contributed by atoms with van der Waals surface area (Å²) in [4.78, 5) is 11.9. The number of carbonyl (C=O) groups is 1. The zero-order valence-electron chi connectivity index (χ0n) is 22.5. The van der Waals surface area contributed by atoms with Crippen LogP contribution in [0.5, 0.6) is 0 Å². The number of aryl methyl sites for hydroxylation is 2. The van der Waals surface area contributed by atoms with E-state index >= 15 is 0 Å². The zero-order valence-corrected chi connectivity index (χ0v) is 23.5. The third-order valence-corrected chi connectivity index (χ3v) is 8.82. The lowest BCUT2D eigenvalue weighted by Gasteiger charge is -2.32. The van der Waals surface area contributed by atoms with Crippen molar-refractivity contribution >= 4 is 14.5 Å². The highest BCUT2D eigenvalue weighted by atomic mass is 28.4. The van der Waals surface area contributed by atoms with Gasteiger partial charge in [-0.2, -0.15) is 13.2 Å². The minimum Gasteiger partial charge on any atom is -0.398 e. The Bertz CT molecular complexity index is 698. The van der Waals surface area contributed by atoms with Gasteiger partial charge in [0.05, 0.1) is 0 Å². The van der Waals surface area contributed by atoms with Crippen molar-refractivity contribution in [3.8, 4) is 0 Å². The number of amides is 1. The van der Waals surface area contributed by atoms with Crippen LogP contribution in [0.1, 0.15) is 71.9 Å².